The van der Waals surface area contributed by atoms with E-state index < -0.39 is 17.2 Å². The van der Waals surface area contributed by atoms with E-state index in [-0.39, 0.29) is 5.56 Å². The summed E-state index contributed by atoms with van der Waals surface area (Å²) in [6.45, 7) is 0. The zero-order valence-electron chi connectivity index (χ0n) is 7.35. The largest absolute Gasteiger partial charge is 0.416 e. The van der Waals surface area contributed by atoms with Crippen LogP contribution >= 0.6 is 11.6 Å². The molecule has 1 N–H and O–H groups in total. The molecule has 1 aromatic rings. The SMILES string of the molecule is FC(F)(F)c1cccc2c1C(Cl)N=CN2. The molecule has 0 bridgehead atoms. The number of nitrogens with one attached hydrogen (secondary N) is 1. The first-order chi connectivity index (χ1) is 7.00. The lowest BCUT2D eigenvalue weighted by atomic mass is 10.0. The summed E-state index contributed by atoms with van der Waals surface area (Å²) in [5.41, 5.74) is -1.41. The number of aliphatic imine (C=N–C) groups is 1. The van der Waals surface area contributed by atoms with Gasteiger partial charge in [0.1, 0.15) is 0 Å². The Labute approximate surface area is 88.8 Å². The smallest absolute Gasteiger partial charge is 0.346 e. The van der Waals surface area contributed by atoms with E-state index in [0.29, 0.717) is 5.69 Å². The van der Waals surface area contributed by atoms with E-state index in [1.807, 2.05) is 0 Å². The van der Waals surface area contributed by atoms with Crippen molar-refractivity contribution >= 4 is 23.6 Å². The third-order valence-electron chi connectivity index (χ3n) is 2.08. The maximum atomic E-state index is 12.6. The van der Waals surface area contributed by atoms with Gasteiger partial charge in [0.2, 0.25) is 0 Å². The minimum absolute atomic E-state index is 0.0193. The molecular formula is C9H6ClF3N2. The molecule has 0 aliphatic carbocycles. The number of anilines is 1. The highest BCUT2D eigenvalue weighted by molar-refractivity contribution is 6.22. The molecule has 1 atom stereocenters. The van der Waals surface area contributed by atoms with Gasteiger partial charge in [-0.25, -0.2) is 0 Å². The van der Waals surface area contributed by atoms with Crippen LogP contribution in [0.2, 0.25) is 0 Å². The molecule has 15 heavy (non-hydrogen) atoms. The van der Waals surface area contributed by atoms with E-state index in [2.05, 4.69) is 10.3 Å². The minimum Gasteiger partial charge on any atom is -0.346 e. The molecule has 1 heterocycles. The summed E-state index contributed by atoms with van der Waals surface area (Å²) >= 11 is 5.72. The molecular weight excluding hydrogens is 229 g/mol. The summed E-state index contributed by atoms with van der Waals surface area (Å²) in [6, 6.07) is 3.86. The van der Waals surface area contributed by atoms with Crippen LogP contribution in [0.5, 0.6) is 0 Å². The number of nitrogens with zero attached hydrogens (tertiary/aromatic N) is 1. The molecule has 1 aromatic carbocycles. The van der Waals surface area contributed by atoms with Gasteiger partial charge in [0.25, 0.3) is 0 Å². The van der Waals surface area contributed by atoms with Crippen molar-refractivity contribution in [2.75, 3.05) is 5.32 Å². The summed E-state index contributed by atoms with van der Waals surface area (Å²) in [5, 5.41) is 2.63. The van der Waals surface area contributed by atoms with Crippen molar-refractivity contribution in [2.24, 2.45) is 4.99 Å². The Bertz CT molecular complexity index is 414. The lowest BCUT2D eigenvalue weighted by Crippen LogP contribution is -2.15. The van der Waals surface area contributed by atoms with Crippen LogP contribution in [-0.2, 0) is 6.18 Å². The van der Waals surface area contributed by atoms with Crippen molar-refractivity contribution in [2.45, 2.75) is 11.7 Å². The average Bonchev–Trinajstić information content (AvgIpc) is 2.16. The van der Waals surface area contributed by atoms with E-state index in [0.717, 1.165) is 6.07 Å². The Balaban J connectivity index is 2.60. The van der Waals surface area contributed by atoms with E-state index in [1.54, 1.807) is 0 Å². The monoisotopic (exact) mass is 234 g/mol. The van der Waals surface area contributed by atoms with Crippen molar-refractivity contribution < 1.29 is 13.2 Å². The fraction of sp³-hybridized carbons (Fsp3) is 0.222. The van der Waals surface area contributed by atoms with Crippen LogP contribution < -0.4 is 5.32 Å². The van der Waals surface area contributed by atoms with Crippen molar-refractivity contribution in [3.05, 3.63) is 29.3 Å². The van der Waals surface area contributed by atoms with Gasteiger partial charge in [0, 0.05) is 11.3 Å². The fourth-order valence-electron chi connectivity index (χ4n) is 1.44. The Kier molecular flexibility index (Phi) is 2.34. The standard InChI is InChI=1S/C9H6ClF3N2/c10-8-7-5(9(11,12)13)2-1-3-6(7)14-4-15-8/h1-4,8H,(H,14,15). The second kappa shape index (κ2) is 3.41. The molecule has 0 spiro atoms. The van der Waals surface area contributed by atoms with Gasteiger partial charge in [-0.2, -0.15) is 13.2 Å². The maximum Gasteiger partial charge on any atom is 0.416 e. The van der Waals surface area contributed by atoms with Gasteiger partial charge < -0.3 is 5.32 Å². The first-order valence-corrected chi connectivity index (χ1v) is 4.56. The lowest BCUT2D eigenvalue weighted by molar-refractivity contribution is -0.138. The number of fused-ring (bicyclic) bond motifs is 1. The summed E-state index contributed by atoms with van der Waals surface area (Å²) in [4.78, 5) is 3.67. The van der Waals surface area contributed by atoms with Crippen LogP contribution in [0.1, 0.15) is 16.6 Å². The Morgan fingerprint density at radius 3 is 2.73 bits per heavy atom. The Hall–Kier alpha value is -1.23. The summed E-state index contributed by atoms with van der Waals surface area (Å²) in [6.07, 6.45) is -3.12. The molecule has 2 nitrogen and oxygen atoms in total. The van der Waals surface area contributed by atoms with Gasteiger partial charge in [0.15, 0.2) is 5.50 Å². The zero-order valence-corrected chi connectivity index (χ0v) is 8.10. The number of halogens is 4. The van der Waals surface area contributed by atoms with E-state index in [4.69, 9.17) is 11.6 Å². The summed E-state index contributed by atoms with van der Waals surface area (Å²) in [7, 11) is 0. The van der Waals surface area contributed by atoms with Gasteiger partial charge >= 0.3 is 6.18 Å². The molecule has 6 heteroatoms. The first-order valence-electron chi connectivity index (χ1n) is 4.12. The molecule has 0 saturated carbocycles. The number of hydrogen-bond acceptors (Lipinski definition) is 2. The average molecular weight is 235 g/mol. The van der Waals surface area contributed by atoms with Crippen molar-refractivity contribution in [3.8, 4) is 0 Å². The summed E-state index contributed by atoms with van der Waals surface area (Å²) < 4.78 is 37.8. The molecule has 0 fully saturated rings. The first kappa shape index (κ1) is 10.3. The minimum atomic E-state index is -4.41. The molecule has 0 radical (unpaired) electrons. The Morgan fingerprint density at radius 1 is 1.33 bits per heavy atom. The normalized spacial score (nSPS) is 19.6. The highest BCUT2D eigenvalue weighted by Crippen LogP contribution is 2.41. The number of rotatable bonds is 0. The predicted molar refractivity (Wildman–Crippen MR) is 52.2 cm³/mol. The van der Waals surface area contributed by atoms with Gasteiger partial charge in [-0.15, -0.1) is 0 Å². The van der Waals surface area contributed by atoms with E-state index >= 15 is 0 Å². The van der Waals surface area contributed by atoms with Crippen LogP contribution in [0.15, 0.2) is 23.2 Å². The third kappa shape index (κ3) is 1.79. The van der Waals surface area contributed by atoms with Crippen LogP contribution in [0.3, 0.4) is 0 Å². The molecule has 0 aromatic heterocycles. The molecule has 80 valence electrons. The highest BCUT2D eigenvalue weighted by Gasteiger charge is 2.36. The van der Waals surface area contributed by atoms with Gasteiger partial charge in [-0.1, -0.05) is 17.7 Å². The second-order valence-electron chi connectivity index (χ2n) is 3.02. The number of alkyl halides is 4. The van der Waals surface area contributed by atoms with E-state index in [9.17, 15) is 13.2 Å². The molecule has 1 aliphatic heterocycles. The zero-order chi connectivity index (χ0) is 11.1. The van der Waals surface area contributed by atoms with Crippen LogP contribution in [-0.4, -0.2) is 6.34 Å². The number of hydrogen-bond donors (Lipinski definition) is 1. The quantitative estimate of drug-likeness (QED) is 0.540. The number of benzene rings is 1. The topological polar surface area (TPSA) is 24.4 Å². The molecule has 0 amide bonds. The second-order valence-corrected chi connectivity index (χ2v) is 3.44. The molecule has 2 rings (SSSR count). The van der Waals surface area contributed by atoms with Crippen LogP contribution in [0.25, 0.3) is 0 Å². The Morgan fingerprint density at radius 2 is 2.07 bits per heavy atom. The van der Waals surface area contributed by atoms with Crippen molar-refractivity contribution in [1.29, 1.82) is 0 Å². The third-order valence-corrected chi connectivity index (χ3v) is 2.41. The molecule has 1 aliphatic rings. The van der Waals surface area contributed by atoms with Crippen LogP contribution in [0, 0.1) is 0 Å². The molecule has 0 saturated heterocycles. The van der Waals surface area contributed by atoms with Gasteiger partial charge in [-0.05, 0) is 12.1 Å². The maximum absolute atomic E-state index is 12.6. The molecule has 1 unspecified atom stereocenters. The van der Waals surface area contributed by atoms with E-state index in [1.165, 1.54) is 18.5 Å². The fourth-order valence-corrected chi connectivity index (χ4v) is 1.73. The lowest BCUT2D eigenvalue weighted by Gasteiger charge is -2.21. The van der Waals surface area contributed by atoms with Crippen LogP contribution in [0.4, 0.5) is 18.9 Å². The van der Waals surface area contributed by atoms with Crippen molar-refractivity contribution in [1.82, 2.24) is 0 Å². The highest BCUT2D eigenvalue weighted by atomic mass is 35.5. The van der Waals surface area contributed by atoms with Gasteiger partial charge in [0.05, 0.1) is 11.9 Å². The van der Waals surface area contributed by atoms with Gasteiger partial charge in [-0.3, -0.25) is 4.99 Å². The van der Waals surface area contributed by atoms with Crippen molar-refractivity contribution in [3.63, 3.8) is 0 Å². The predicted octanol–water partition coefficient (Wildman–Crippen LogP) is 3.40. The summed E-state index contributed by atoms with van der Waals surface area (Å²) in [5.74, 6) is 0.